The lowest BCUT2D eigenvalue weighted by molar-refractivity contribution is 0.357. The Morgan fingerprint density at radius 1 is 0.268 bits per heavy atom. The molecule has 4 aromatic rings. The fourth-order valence-corrected chi connectivity index (χ4v) is 5.09. The van der Waals surface area contributed by atoms with Gasteiger partial charge in [-0.1, -0.05) is 0 Å². The van der Waals surface area contributed by atoms with Crippen molar-refractivity contribution in [2.24, 2.45) is 40.8 Å². The minimum absolute atomic E-state index is 0.378. The van der Waals surface area contributed by atoms with Gasteiger partial charge in [-0.2, -0.15) is 40.8 Å². The number of nitrogens with zero attached hydrogens (tertiary/aromatic N) is 8. The van der Waals surface area contributed by atoms with Crippen LogP contribution in [0.1, 0.15) is 45.6 Å². The van der Waals surface area contributed by atoms with Crippen molar-refractivity contribution in [3.8, 4) is 46.0 Å². The minimum atomic E-state index is 0.378. The molecule has 0 aliphatic carbocycles. The van der Waals surface area contributed by atoms with Crippen molar-refractivity contribution >= 4 is 49.7 Å². The average molecular weight is 781 g/mol. The Balaban J connectivity index is 0.00000204. The van der Waals surface area contributed by atoms with E-state index in [1.807, 2.05) is 0 Å². The molecule has 0 amide bonds. The molecular weight excluding hydrogens is 736 g/mol. The first-order valence-electron chi connectivity index (χ1n) is 16.0. The maximum atomic E-state index is 7.00. The molecule has 1 aliphatic heterocycles. The SMILES string of the molecule is CO.CO.COc1c2[nH]c(c1OC)/C=N/N=C/c1[nH]c(c(OC)c1OC)/C=N/N=C\c1[nH]c(c(OC)c1OC)/C=N/N=C/c1[nH]c(c(OC)c1OC)/C=N/N=C\2. The molecule has 1 aliphatic rings. The van der Waals surface area contributed by atoms with Gasteiger partial charge in [0, 0.05) is 14.2 Å². The molecule has 5 rings (SSSR count). The Bertz CT molecular complexity index is 1680. The molecule has 6 N–H and O–H groups in total. The summed E-state index contributed by atoms with van der Waals surface area (Å²) in [6.07, 6.45) is 11.6. The van der Waals surface area contributed by atoms with Crippen LogP contribution in [-0.2, 0) is 0 Å². The van der Waals surface area contributed by atoms with Crippen LogP contribution in [0.25, 0.3) is 0 Å². The maximum absolute atomic E-state index is 7.00. The number of aromatic nitrogens is 4. The lowest BCUT2D eigenvalue weighted by Crippen LogP contribution is -1.92. The highest BCUT2D eigenvalue weighted by atomic mass is 16.5. The van der Waals surface area contributed by atoms with Crippen LogP contribution in [0.2, 0.25) is 0 Å². The van der Waals surface area contributed by atoms with Crippen LogP contribution >= 0.6 is 0 Å². The molecule has 22 heteroatoms. The molecule has 0 saturated carbocycles. The monoisotopic (exact) mass is 780 g/mol. The number of H-pyrrole nitrogens is 4. The number of rotatable bonds is 8. The molecule has 0 radical (unpaired) electrons. The third-order valence-electron chi connectivity index (χ3n) is 7.25. The van der Waals surface area contributed by atoms with Crippen LogP contribution < -0.4 is 37.9 Å². The molecule has 5 heterocycles. The van der Waals surface area contributed by atoms with Gasteiger partial charge in [-0.25, -0.2) is 0 Å². The van der Waals surface area contributed by atoms with Gasteiger partial charge in [0.15, 0.2) is 46.0 Å². The summed E-state index contributed by atoms with van der Waals surface area (Å²) in [5, 5.41) is 47.3. The van der Waals surface area contributed by atoms with E-state index in [2.05, 4.69) is 60.7 Å². The van der Waals surface area contributed by atoms with Gasteiger partial charge in [-0.05, 0) is 0 Å². The molecule has 0 aromatic carbocycles. The molecule has 56 heavy (non-hydrogen) atoms. The van der Waals surface area contributed by atoms with Crippen molar-refractivity contribution in [2.75, 3.05) is 71.1 Å². The van der Waals surface area contributed by atoms with Crippen molar-refractivity contribution in [1.82, 2.24) is 19.9 Å². The van der Waals surface area contributed by atoms with Gasteiger partial charge in [0.05, 0.1) is 107 Å². The first-order valence-corrected chi connectivity index (χ1v) is 16.0. The number of aliphatic hydroxyl groups is 2. The van der Waals surface area contributed by atoms with Crippen LogP contribution in [0.4, 0.5) is 0 Å². The zero-order valence-electron chi connectivity index (χ0n) is 32.4. The van der Waals surface area contributed by atoms with E-state index in [-0.39, 0.29) is 0 Å². The van der Waals surface area contributed by atoms with E-state index in [0.29, 0.717) is 91.5 Å². The number of ether oxygens (including phenoxy) is 8. The van der Waals surface area contributed by atoms with Gasteiger partial charge >= 0.3 is 0 Å². The average Bonchev–Trinajstić information content (AvgIpc) is 3.97. The maximum Gasteiger partial charge on any atom is 0.188 e. The van der Waals surface area contributed by atoms with Crippen molar-refractivity contribution in [1.29, 1.82) is 0 Å². The topological polar surface area (TPSA) is 276 Å². The lowest BCUT2D eigenvalue weighted by atomic mass is 10.3. The Morgan fingerprint density at radius 3 is 0.464 bits per heavy atom. The van der Waals surface area contributed by atoms with E-state index in [4.69, 9.17) is 48.1 Å². The highest BCUT2D eigenvalue weighted by Gasteiger charge is 2.21. The zero-order valence-corrected chi connectivity index (χ0v) is 32.4. The van der Waals surface area contributed by atoms with E-state index in [0.717, 1.165) is 14.2 Å². The Hall–Kier alpha value is -7.20. The van der Waals surface area contributed by atoms with Crippen molar-refractivity contribution in [3.05, 3.63) is 45.6 Å². The Labute approximate surface area is 321 Å². The molecule has 300 valence electrons. The van der Waals surface area contributed by atoms with Gasteiger partial charge < -0.3 is 68.0 Å². The summed E-state index contributed by atoms with van der Waals surface area (Å²) in [5.41, 5.74) is 3.69. The van der Waals surface area contributed by atoms with Crippen molar-refractivity contribution < 1.29 is 48.1 Å². The molecule has 0 saturated heterocycles. The van der Waals surface area contributed by atoms with Crippen molar-refractivity contribution in [3.63, 3.8) is 0 Å². The first-order chi connectivity index (χ1) is 27.5. The Kier molecular flexibility index (Phi) is 17.1. The summed E-state index contributed by atoms with van der Waals surface area (Å²) in [6, 6.07) is 0. The molecule has 22 nitrogen and oxygen atoms in total. The summed E-state index contributed by atoms with van der Waals surface area (Å²) in [7, 11) is 14.0. The van der Waals surface area contributed by atoms with Gasteiger partial charge in [-0.3, -0.25) is 0 Å². The third kappa shape index (κ3) is 9.66. The molecule has 0 atom stereocenters. The van der Waals surface area contributed by atoms with Crippen LogP contribution in [0.5, 0.6) is 46.0 Å². The molecule has 0 fully saturated rings. The number of fused-ring (bicyclic) bond motifs is 8. The van der Waals surface area contributed by atoms with Gasteiger partial charge in [-0.15, -0.1) is 0 Å². The summed E-state index contributed by atoms with van der Waals surface area (Å²) in [4.78, 5) is 12.6. The number of hydrogen-bond donors (Lipinski definition) is 6. The van der Waals surface area contributed by atoms with Crippen LogP contribution in [0, 0.1) is 0 Å². The zero-order chi connectivity index (χ0) is 41.0. The largest absolute Gasteiger partial charge is 0.491 e. The number of methoxy groups -OCH3 is 8. The first kappa shape index (κ1) is 43.2. The van der Waals surface area contributed by atoms with Crippen LogP contribution in [0.3, 0.4) is 0 Å². The fraction of sp³-hybridized carbons (Fsp3) is 0.294. The number of nitrogens with one attached hydrogen (secondary N) is 4. The summed E-state index contributed by atoms with van der Waals surface area (Å²) in [6.45, 7) is 0. The van der Waals surface area contributed by atoms with Gasteiger partial charge in [0.25, 0.3) is 0 Å². The normalized spacial score (nSPS) is 16.6. The second-order valence-electron chi connectivity index (χ2n) is 10.0. The molecular formula is C34H44N12O10. The number of aromatic amines is 4. The second-order valence-corrected chi connectivity index (χ2v) is 10.0. The summed E-state index contributed by atoms with van der Waals surface area (Å²) < 4.78 is 44.5. The highest BCUT2D eigenvalue weighted by molar-refractivity contribution is 5.95. The highest BCUT2D eigenvalue weighted by Crippen LogP contribution is 2.36. The van der Waals surface area contributed by atoms with Gasteiger partial charge in [0.1, 0.15) is 45.6 Å². The van der Waals surface area contributed by atoms with Gasteiger partial charge in [0.2, 0.25) is 0 Å². The van der Waals surface area contributed by atoms with E-state index in [1.165, 1.54) is 107 Å². The quantitative estimate of drug-likeness (QED) is 0.152. The van der Waals surface area contributed by atoms with E-state index < -0.39 is 0 Å². The van der Waals surface area contributed by atoms with Crippen LogP contribution in [0.15, 0.2) is 40.8 Å². The molecule has 0 unspecified atom stereocenters. The molecule has 8 bridgehead atoms. The number of hydrogen-bond acceptors (Lipinski definition) is 18. The molecule has 0 spiro atoms. The van der Waals surface area contributed by atoms with Crippen LogP contribution in [-0.4, -0.2) is 151 Å². The summed E-state index contributed by atoms with van der Waals surface area (Å²) >= 11 is 0. The smallest absolute Gasteiger partial charge is 0.188 e. The van der Waals surface area contributed by atoms with Crippen molar-refractivity contribution in [2.45, 2.75) is 0 Å². The fourth-order valence-electron chi connectivity index (χ4n) is 5.09. The summed E-state index contributed by atoms with van der Waals surface area (Å²) in [5.74, 6) is 3.02. The predicted octanol–water partition coefficient (Wildman–Crippen LogP) is 2.41. The second kappa shape index (κ2) is 22.1. The van der Waals surface area contributed by atoms with E-state index in [1.54, 1.807) is 0 Å². The Morgan fingerprint density at radius 2 is 0.375 bits per heavy atom. The predicted molar refractivity (Wildman–Crippen MR) is 213 cm³/mol. The lowest BCUT2D eigenvalue weighted by Gasteiger charge is -2.02. The standard InChI is InChI=1S/C32H36N12O8.2CH4O/c1-45-25-17-9-33-35-11-19-27(47-3)29(49-5)21(42-19)13-37-39-15-23-31(51-7)32(52-8)24(44-23)16-40-38-14-22-30(50-6)28(48-4)20(43-22)12-36-34-10-18(41-17)26(25)46-2;2*1-2/h9-16,41-44H,1-8H3;2*2H,1H3/b17-9?,18-10?,19-11?,20-12?,21-13?,22-14?,23-15?,24-16?,33-9-,34-10+,35-11+,35-33?,36-12+,36-34?,37-13+,38-14+,39-15+,39-37?,40-16-,40-38?;;. The van der Waals surface area contributed by atoms with E-state index in [9.17, 15) is 0 Å². The third-order valence-corrected chi connectivity index (χ3v) is 7.25. The minimum Gasteiger partial charge on any atom is -0.491 e. The number of aliphatic hydroxyl groups excluding tert-OH is 2. The molecule has 4 aromatic heterocycles. The van der Waals surface area contributed by atoms with E-state index >= 15 is 0 Å².